The lowest BCUT2D eigenvalue weighted by atomic mass is 10.1. The average molecular weight is 339 g/mol. The molecular weight excluding hydrogens is 320 g/mol. The van der Waals surface area contributed by atoms with Gasteiger partial charge in [-0.05, 0) is 37.1 Å². The number of hydrogen-bond donors (Lipinski definition) is 1. The first kappa shape index (κ1) is 15.1. The highest BCUT2D eigenvalue weighted by atomic mass is 79.9. The molecule has 5 heteroatoms. The van der Waals surface area contributed by atoms with Crippen LogP contribution in [-0.2, 0) is 4.79 Å². The van der Waals surface area contributed by atoms with E-state index in [9.17, 15) is 4.79 Å². The summed E-state index contributed by atoms with van der Waals surface area (Å²) in [5, 5.41) is 0. The van der Waals surface area contributed by atoms with Crippen LogP contribution in [0.15, 0.2) is 28.7 Å². The van der Waals surface area contributed by atoms with Crippen LogP contribution in [0.3, 0.4) is 0 Å². The quantitative estimate of drug-likeness (QED) is 0.861. The number of carbonyl (C=O) groups is 1. The number of benzene rings is 1. The number of piperidine rings is 1. The molecule has 1 aliphatic heterocycles. The minimum atomic E-state index is 0.00202. The average Bonchev–Trinajstić information content (AvgIpc) is 2.45. The molecule has 1 fully saturated rings. The third-order valence-electron chi connectivity index (χ3n) is 3.37. The van der Waals surface area contributed by atoms with Gasteiger partial charge in [-0.25, -0.2) is 0 Å². The fourth-order valence-corrected chi connectivity index (χ4v) is 2.69. The molecule has 4 nitrogen and oxygen atoms in total. The molecule has 2 rings (SSSR count). The number of halogens is 1. The van der Waals surface area contributed by atoms with Crippen LogP contribution in [0.5, 0.6) is 5.75 Å². The van der Waals surface area contributed by atoms with Gasteiger partial charge in [-0.2, -0.15) is 0 Å². The number of nitrogens with two attached hydrogens (primary N) is 1. The van der Waals surface area contributed by atoms with E-state index in [1.165, 1.54) is 0 Å². The SMILES string of the molecule is COc1ccc(Br)cc1C=CC(=O)N1CCCC(N)C1. The summed E-state index contributed by atoms with van der Waals surface area (Å²) in [7, 11) is 1.62. The molecule has 2 N–H and O–H groups in total. The van der Waals surface area contributed by atoms with Gasteiger partial charge >= 0.3 is 0 Å². The highest BCUT2D eigenvalue weighted by molar-refractivity contribution is 9.10. The maximum atomic E-state index is 12.1. The predicted molar refractivity (Wildman–Crippen MR) is 83.5 cm³/mol. The lowest BCUT2D eigenvalue weighted by Gasteiger charge is -2.29. The molecule has 1 heterocycles. The van der Waals surface area contributed by atoms with E-state index in [4.69, 9.17) is 10.5 Å². The van der Waals surface area contributed by atoms with Gasteiger partial charge in [0.25, 0.3) is 0 Å². The van der Waals surface area contributed by atoms with Crippen LogP contribution < -0.4 is 10.5 Å². The third-order valence-corrected chi connectivity index (χ3v) is 3.86. The first-order valence-electron chi connectivity index (χ1n) is 6.66. The number of ether oxygens (including phenoxy) is 1. The maximum absolute atomic E-state index is 12.1. The Morgan fingerprint density at radius 3 is 3.05 bits per heavy atom. The fourth-order valence-electron chi connectivity index (χ4n) is 2.31. The molecule has 0 saturated carbocycles. The first-order chi connectivity index (χ1) is 9.60. The second-order valence-corrected chi connectivity index (χ2v) is 5.82. The van der Waals surface area contributed by atoms with E-state index < -0.39 is 0 Å². The smallest absolute Gasteiger partial charge is 0.246 e. The number of methoxy groups -OCH3 is 1. The lowest BCUT2D eigenvalue weighted by molar-refractivity contribution is -0.127. The Bertz CT molecular complexity index is 517. The van der Waals surface area contributed by atoms with E-state index in [0.717, 1.165) is 35.2 Å². The van der Waals surface area contributed by atoms with Crippen molar-refractivity contribution in [1.82, 2.24) is 4.90 Å². The molecule has 1 amide bonds. The maximum Gasteiger partial charge on any atom is 0.246 e. The van der Waals surface area contributed by atoms with Crippen molar-refractivity contribution < 1.29 is 9.53 Å². The molecule has 0 bridgehead atoms. The van der Waals surface area contributed by atoms with Crippen molar-refractivity contribution in [3.8, 4) is 5.75 Å². The van der Waals surface area contributed by atoms with Crippen LogP contribution in [0.2, 0.25) is 0 Å². The van der Waals surface area contributed by atoms with E-state index in [1.54, 1.807) is 24.2 Å². The van der Waals surface area contributed by atoms with Crippen molar-refractivity contribution in [2.75, 3.05) is 20.2 Å². The van der Waals surface area contributed by atoms with Crippen molar-refractivity contribution >= 4 is 27.9 Å². The summed E-state index contributed by atoms with van der Waals surface area (Å²) in [6.45, 7) is 1.42. The summed E-state index contributed by atoms with van der Waals surface area (Å²) in [6.07, 6.45) is 5.34. The Kier molecular flexibility index (Phi) is 5.20. The molecule has 0 aliphatic carbocycles. The Morgan fingerprint density at radius 1 is 1.55 bits per heavy atom. The standard InChI is InChI=1S/C15H19BrN2O2/c1-20-14-6-5-12(16)9-11(14)4-7-15(19)18-8-2-3-13(17)10-18/h4-7,9,13H,2-3,8,10,17H2,1H3. The molecule has 1 unspecified atom stereocenters. The van der Waals surface area contributed by atoms with Crippen molar-refractivity contribution in [2.24, 2.45) is 5.73 Å². The predicted octanol–water partition coefficient (Wildman–Crippen LogP) is 2.42. The monoisotopic (exact) mass is 338 g/mol. The van der Waals surface area contributed by atoms with Crippen LogP contribution in [0.4, 0.5) is 0 Å². The number of likely N-dealkylation sites (tertiary alicyclic amines) is 1. The zero-order chi connectivity index (χ0) is 14.5. The molecule has 1 aromatic carbocycles. The van der Waals surface area contributed by atoms with Crippen LogP contribution in [-0.4, -0.2) is 37.0 Å². The van der Waals surface area contributed by atoms with Crippen LogP contribution >= 0.6 is 15.9 Å². The van der Waals surface area contributed by atoms with Crippen LogP contribution in [0, 0.1) is 0 Å². The van der Waals surface area contributed by atoms with Gasteiger partial charge in [-0.3, -0.25) is 4.79 Å². The topological polar surface area (TPSA) is 55.6 Å². The normalized spacial score (nSPS) is 19.4. The molecule has 1 saturated heterocycles. The fraction of sp³-hybridized carbons (Fsp3) is 0.400. The number of hydrogen-bond acceptors (Lipinski definition) is 3. The zero-order valence-corrected chi connectivity index (χ0v) is 13.1. The van der Waals surface area contributed by atoms with Crippen LogP contribution in [0.1, 0.15) is 18.4 Å². The van der Waals surface area contributed by atoms with Crippen molar-refractivity contribution in [3.05, 3.63) is 34.3 Å². The Labute approximate surface area is 127 Å². The molecule has 108 valence electrons. The highest BCUT2D eigenvalue weighted by Crippen LogP contribution is 2.24. The van der Waals surface area contributed by atoms with Gasteiger partial charge in [-0.1, -0.05) is 15.9 Å². The van der Waals surface area contributed by atoms with Gasteiger partial charge in [0, 0.05) is 35.2 Å². The summed E-state index contributed by atoms with van der Waals surface area (Å²) >= 11 is 3.42. The Hall–Kier alpha value is -1.33. The molecule has 1 aromatic rings. The number of carbonyl (C=O) groups excluding carboxylic acids is 1. The summed E-state index contributed by atoms with van der Waals surface area (Å²) in [5.41, 5.74) is 6.76. The van der Waals surface area contributed by atoms with Gasteiger partial charge in [0.2, 0.25) is 5.91 Å². The molecule has 0 spiro atoms. The first-order valence-corrected chi connectivity index (χ1v) is 7.45. The number of amides is 1. The van der Waals surface area contributed by atoms with Crippen molar-refractivity contribution in [3.63, 3.8) is 0 Å². The van der Waals surface area contributed by atoms with E-state index in [2.05, 4.69) is 15.9 Å². The molecule has 1 aliphatic rings. The van der Waals surface area contributed by atoms with Crippen molar-refractivity contribution in [1.29, 1.82) is 0 Å². The van der Waals surface area contributed by atoms with Gasteiger partial charge in [-0.15, -0.1) is 0 Å². The zero-order valence-electron chi connectivity index (χ0n) is 11.5. The van der Waals surface area contributed by atoms with E-state index in [-0.39, 0.29) is 11.9 Å². The molecule has 1 atom stereocenters. The third kappa shape index (κ3) is 3.84. The largest absolute Gasteiger partial charge is 0.496 e. The minimum absolute atomic E-state index is 0.00202. The second-order valence-electron chi connectivity index (χ2n) is 4.91. The second kappa shape index (κ2) is 6.90. The molecule has 0 aromatic heterocycles. The minimum Gasteiger partial charge on any atom is -0.496 e. The molecular formula is C15H19BrN2O2. The number of nitrogens with zero attached hydrogens (tertiary/aromatic N) is 1. The summed E-state index contributed by atoms with van der Waals surface area (Å²) < 4.78 is 6.23. The Balaban J connectivity index is 2.08. The summed E-state index contributed by atoms with van der Waals surface area (Å²) in [6, 6.07) is 5.79. The lowest BCUT2D eigenvalue weighted by Crippen LogP contribution is -2.45. The van der Waals surface area contributed by atoms with Crippen molar-refractivity contribution in [2.45, 2.75) is 18.9 Å². The van der Waals surface area contributed by atoms with E-state index in [1.807, 2.05) is 18.2 Å². The van der Waals surface area contributed by atoms with E-state index in [0.29, 0.717) is 6.54 Å². The van der Waals surface area contributed by atoms with Gasteiger partial charge < -0.3 is 15.4 Å². The summed E-state index contributed by atoms with van der Waals surface area (Å²) in [4.78, 5) is 13.9. The molecule has 0 radical (unpaired) electrons. The van der Waals surface area contributed by atoms with Crippen LogP contribution in [0.25, 0.3) is 6.08 Å². The van der Waals surface area contributed by atoms with E-state index >= 15 is 0 Å². The highest BCUT2D eigenvalue weighted by Gasteiger charge is 2.19. The van der Waals surface area contributed by atoms with Gasteiger partial charge in [0.1, 0.15) is 5.75 Å². The summed E-state index contributed by atoms with van der Waals surface area (Å²) in [5.74, 6) is 0.745. The Morgan fingerprint density at radius 2 is 2.35 bits per heavy atom. The number of rotatable bonds is 3. The van der Waals surface area contributed by atoms with Gasteiger partial charge in [0.15, 0.2) is 0 Å². The van der Waals surface area contributed by atoms with Gasteiger partial charge in [0.05, 0.1) is 7.11 Å². The molecule has 20 heavy (non-hydrogen) atoms.